The van der Waals surface area contributed by atoms with Crippen molar-refractivity contribution in [2.75, 3.05) is 55.8 Å². The van der Waals surface area contributed by atoms with Gasteiger partial charge < -0.3 is 20.0 Å². The van der Waals surface area contributed by atoms with Crippen molar-refractivity contribution in [3.8, 4) is 0 Å². The second-order valence-corrected chi connectivity index (χ2v) is 8.68. The third-order valence-corrected chi connectivity index (χ3v) is 6.77. The molecule has 2 amide bonds. The number of nitrogens with zero attached hydrogens (tertiary/aromatic N) is 3. The monoisotopic (exact) mass is 388 g/mol. The van der Waals surface area contributed by atoms with E-state index in [-0.39, 0.29) is 23.8 Å². The van der Waals surface area contributed by atoms with Gasteiger partial charge in [-0.25, -0.2) is 0 Å². The fraction of sp³-hybridized carbons (Fsp3) is 0.600. The number of thioether (sulfide) groups is 1. The Morgan fingerprint density at radius 3 is 2.52 bits per heavy atom. The van der Waals surface area contributed by atoms with Gasteiger partial charge in [0, 0.05) is 50.6 Å². The highest BCUT2D eigenvalue weighted by Crippen LogP contribution is 2.23. The molecule has 6 nitrogen and oxygen atoms in total. The van der Waals surface area contributed by atoms with Crippen LogP contribution in [0.1, 0.15) is 12.8 Å². The van der Waals surface area contributed by atoms with E-state index in [4.69, 9.17) is 0 Å². The molecule has 146 valence electrons. The van der Waals surface area contributed by atoms with E-state index in [1.54, 1.807) is 0 Å². The van der Waals surface area contributed by atoms with E-state index in [2.05, 4.69) is 34.5 Å². The van der Waals surface area contributed by atoms with Crippen LogP contribution in [0.4, 0.5) is 5.69 Å². The van der Waals surface area contributed by atoms with Crippen LogP contribution >= 0.6 is 11.8 Å². The maximum absolute atomic E-state index is 12.7. The van der Waals surface area contributed by atoms with Gasteiger partial charge in [-0.05, 0) is 31.0 Å². The van der Waals surface area contributed by atoms with Gasteiger partial charge >= 0.3 is 0 Å². The minimum Gasteiger partial charge on any atom is -0.368 e. The molecule has 0 saturated carbocycles. The number of nitrogens with one attached hydrogen (secondary N) is 1. The number of carbonyl (C=O) groups excluding carboxylic acids is 2. The molecule has 0 bridgehead atoms. The normalized spacial score (nSPS) is 25.9. The maximum atomic E-state index is 12.7. The Bertz CT molecular complexity index is 657. The molecule has 3 heterocycles. The van der Waals surface area contributed by atoms with E-state index >= 15 is 0 Å². The van der Waals surface area contributed by atoms with E-state index in [0.29, 0.717) is 6.42 Å². The number of anilines is 1. The van der Waals surface area contributed by atoms with Crippen molar-refractivity contribution < 1.29 is 9.59 Å². The van der Waals surface area contributed by atoms with E-state index in [1.165, 1.54) is 5.69 Å². The predicted molar refractivity (Wildman–Crippen MR) is 109 cm³/mol. The molecule has 7 heteroatoms. The van der Waals surface area contributed by atoms with Gasteiger partial charge in [0.1, 0.15) is 0 Å². The lowest BCUT2D eigenvalue weighted by Gasteiger charge is -2.36. The van der Waals surface area contributed by atoms with Gasteiger partial charge in [0.15, 0.2) is 0 Å². The quantitative estimate of drug-likeness (QED) is 0.841. The molecule has 1 aromatic rings. The molecule has 4 rings (SSSR count). The Balaban J connectivity index is 1.22. The fourth-order valence-electron chi connectivity index (χ4n) is 4.19. The van der Waals surface area contributed by atoms with Crippen molar-refractivity contribution in [2.24, 2.45) is 5.92 Å². The molecule has 3 fully saturated rings. The van der Waals surface area contributed by atoms with Crippen LogP contribution < -0.4 is 10.2 Å². The predicted octanol–water partition coefficient (Wildman–Crippen LogP) is 1.24. The van der Waals surface area contributed by atoms with E-state index in [0.717, 1.165) is 57.3 Å². The Morgan fingerprint density at radius 2 is 1.81 bits per heavy atom. The lowest BCUT2D eigenvalue weighted by Crippen LogP contribution is -2.49. The van der Waals surface area contributed by atoms with Gasteiger partial charge in [0.2, 0.25) is 11.8 Å². The molecule has 1 N–H and O–H groups in total. The molecule has 0 radical (unpaired) electrons. The third kappa shape index (κ3) is 4.41. The van der Waals surface area contributed by atoms with Crippen LogP contribution in [0.5, 0.6) is 0 Å². The van der Waals surface area contributed by atoms with Crippen LogP contribution in [-0.2, 0) is 9.59 Å². The molecular formula is C20H28N4O2S. The van der Waals surface area contributed by atoms with Crippen LogP contribution in [0.15, 0.2) is 30.3 Å². The van der Waals surface area contributed by atoms with Crippen LogP contribution in [0.2, 0.25) is 0 Å². The summed E-state index contributed by atoms with van der Waals surface area (Å²) < 4.78 is 0. The van der Waals surface area contributed by atoms with Crippen molar-refractivity contribution >= 4 is 29.3 Å². The van der Waals surface area contributed by atoms with E-state index in [1.807, 2.05) is 27.6 Å². The zero-order chi connectivity index (χ0) is 18.6. The summed E-state index contributed by atoms with van der Waals surface area (Å²) >= 11 is 1.81. The largest absolute Gasteiger partial charge is 0.368 e. The zero-order valence-electron chi connectivity index (χ0n) is 15.7. The van der Waals surface area contributed by atoms with Crippen molar-refractivity contribution in [3.05, 3.63) is 30.3 Å². The number of rotatable bonds is 4. The highest BCUT2D eigenvalue weighted by molar-refractivity contribution is 7.99. The summed E-state index contributed by atoms with van der Waals surface area (Å²) in [4.78, 5) is 31.5. The first-order valence-electron chi connectivity index (χ1n) is 9.88. The van der Waals surface area contributed by atoms with Crippen LogP contribution in [-0.4, -0.2) is 78.6 Å². The first-order valence-corrected chi connectivity index (χ1v) is 11.0. The third-order valence-electron chi connectivity index (χ3n) is 5.80. The molecule has 3 aliphatic heterocycles. The fourth-order valence-corrected chi connectivity index (χ4v) is 5.15. The van der Waals surface area contributed by atoms with E-state index in [9.17, 15) is 9.59 Å². The number of piperazine rings is 1. The average molecular weight is 389 g/mol. The Kier molecular flexibility index (Phi) is 5.88. The molecule has 0 spiro atoms. The molecule has 27 heavy (non-hydrogen) atoms. The second kappa shape index (κ2) is 8.52. The number of carbonyl (C=O) groups is 2. The highest BCUT2D eigenvalue weighted by Gasteiger charge is 2.35. The lowest BCUT2D eigenvalue weighted by molar-refractivity contribution is -0.133. The first kappa shape index (κ1) is 18.6. The van der Waals surface area contributed by atoms with Gasteiger partial charge in [-0.3, -0.25) is 9.59 Å². The number of para-hydroxylation sites is 1. The first-order chi connectivity index (χ1) is 13.2. The minimum absolute atomic E-state index is 0.101. The average Bonchev–Trinajstić information content (AvgIpc) is 3.41. The SMILES string of the molecule is O=C(CC1CNC(C(=O)N2CCSC2)C1)N1CCN(c2ccccc2)CC1. The summed E-state index contributed by atoms with van der Waals surface area (Å²) in [7, 11) is 0. The topological polar surface area (TPSA) is 55.9 Å². The smallest absolute Gasteiger partial charge is 0.240 e. The minimum atomic E-state index is -0.101. The summed E-state index contributed by atoms with van der Waals surface area (Å²) in [5.74, 6) is 2.57. The van der Waals surface area contributed by atoms with E-state index < -0.39 is 0 Å². The van der Waals surface area contributed by atoms with Crippen molar-refractivity contribution in [1.29, 1.82) is 0 Å². The lowest BCUT2D eigenvalue weighted by atomic mass is 10.00. The van der Waals surface area contributed by atoms with Gasteiger partial charge in [-0.15, -0.1) is 11.8 Å². The van der Waals surface area contributed by atoms with Crippen molar-refractivity contribution in [3.63, 3.8) is 0 Å². The number of hydrogen-bond acceptors (Lipinski definition) is 5. The summed E-state index contributed by atoms with van der Waals surface area (Å²) in [6.07, 6.45) is 1.34. The standard InChI is InChI=1S/C20H28N4O2S/c25-19(23-8-6-22(7-9-23)17-4-2-1-3-5-17)13-16-12-18(21-14-16)20(26)24-10-11-27-15-24/h1-5,16,18,21H,6-15H2. The van der Waals surface area contributed by atoms with Crippen molar-refractivity contribution in [1.82, 2.24) is 15.1 Å². The Morgan fingerprint density at radius 1 is 1.04 bits per heavy atom. The molecule has 1 aromatic carbocycles. The molecule has 3 saturated heterocycles. The van der Waals surface area contributed by atoms with Crippen LogP contribution in [0, 0.1) is 5.92 Å². The van der Waals surface area contributed by atoms with Gasteiger partial charge in [0.25, 0.3) is 0 Å². The van der Waals surface area contributed by atoms with Gasteiger partial charge in [-0.2, -0.15) is 0 Å². The highest BCUT2D eigenvalue weighted by atomic mass is 32.2. The molecule has 0 aliphatic carbocycles. The molecule has 0 aromatic heterocycles. The summed E-state index contributed by atoms with van der Waals surface area (Å²) in [5.41, 5.74) is 1.23. The van der Waals surface area contributed by atoms with Crippen LogP contribution in [0.3, 0.4) is 0 Å². The number of amides is 2. The zero-order valence-corrected chi connectivity index (χ0v) is 16.5. The number of benzene rings is 1. The summed E-state index contributed by atoms with van der Waals surface area (Å²) in [5, 5.41) is 3.34. The van der Waals surface area contributed by atoms with Crippen molar-refractivity contribution in [2.45, 2.75) is 18.9 Å². The Labute approximate surface area is 165 Å². The van der Waals surface area contributed by atoms with Crippen LogP contribution in [0.25, 0.3) is 0 Å². The molecule has 2 unspecified atom stereocenters. The summed E-state index contributed by atoms with van der Waals surface area (Å²) in [6.45, 7) is 4.95. The Hall–Kier alpha value is -1.73. The molecular weight excluding hydrogens is 360 g/mol. The molecule has 2 atom stereocenters. The summed E-state index contributed by atoms with van der Waals surface area (Å²) in [6, 6.07) is 10.3. The maximum Gasteiger partial charge on any atom is 0.240 e. The number of hydrogen-bond donors (Lipinski definition) is 1. The van der Waals surface area contributed by atoms with Gasteiger partial charge in [-0.1, -0.05) is 18.2 Å². The second-order valence-electron chi connectivity index (χ2n) is 7.61. The molecule has 3 aliphatic rings. The van der Waals surface area contributed by atoms with Gasteiger partial charge in [0.05, 0.1) is 11.9 Å².